The quantitative estimate of drug-likeness (QED) is 0.914. The Morgan fingerprint density at radius 2 is 1.86 bits per heavy atom. The number of likely N-dealkylation sites (N-methyl/N-ethyl adjacent to an activating group) is 1. The molecule has 1 aromatic rings. The van der Waals surface area contributed by atoms with E-state index in [1.54, 1.807) is 4.90 Å². The molecule has 6 nitrogen and oxygen atoms in total. The monoisotopic (exact) mass is 305 g/mol. The summed E-state index contributed by atoms with van der Waals surface area (Å²) >= 11 is 0. The van der Waals surface area contributed by atoms with Gasteiger partial charge >= 0.3 is 6.09 Å². The van der Waals surface area contributed by atoms with Gasteiger partial charge in [0.2, 0.25) is 0 Å². The van der Waals surface area contributed by atoms with Crippen LogP contribution >= 0.6 is 0 Å². The fraction of sp³-hybridized carbons (Fsp3) is 0.500. The molecule has 0 aliphatic carbocycles. The molecule has 6 heteroatoms. The van der Waals surface area contributed by atoms with Crippen LogP contribution in [0.4, 0.5) is 10.5 Å². The Balaban J connectivity index is 1.89. The van der Waals surface area contributed by atoms with Gasteiger partial charge in [-0.3, -0.25) is 4.79 Å². The normalized spacial score (nSPS) is 14.7. The maximum atomic E-state index is 11.9. The summed E-state index contributed by atoms with van der Waals surface area (Å²) in [6.45, 7) is 6.71. The zero-order valence-electron chi connectivity index (χ0n) is 13.4. The molecule has 1 N–H and O–H groups in total. The highest BCUT2D eigenvalue weighted by Crippen LogP contribution is 2.23. The van der Waals surface area contributed by atoms with Crippen LogP contribution in [0, 0.1) is 13.8 Å². The zero-order chi connectivity index (χ0) is 16.1. The molecule has 2 amide bonds. The van der Waals surface area contributed by atoms with E-state index in [1.165, 1.54) is 23.9 Å². The fourth-order valence-corrected chi connectivity index (χ4v) is 2.50. The Morgan fingerprint density at radius 3 is 2.50 bits per heavy atom. The Kier molecular flexibility index (Phi) is 5.25. The number of ether oxygens (including phenoxy) is 1. The predicted molar refractivity (Wildman–Crippen MR) is 85.1 cm³/mol. The van der Waals surface area contributed by atoms with Gasteiger partial charge < -0.3 is 19.9 Å². The molecule has 0 spiro atoms. The molecular formula is C16H23N3O3. The van der Waals surface area contributed by atoms with Crippen LogP contribution in [0.2, 0.25) is 0 Å². The SMILES string of the molecule is CNC(=O)COC(=O)N1CCN(c2cccc(C)c2C)CC1. The van der Waals surface area contributed by atoms with Crippen molar-refractivity contribution in [1.29, 1.82) is 0 Å². The summed E-state index contributed by atoms with van der Waals surface area (Å²) in [5.74, 6) is -0.303. The Labute approximate surface area is 131 Å². The van der Waals surface area contributed by atoms with Crippen LogP contribution in [0.5, 0.6) is 0 Å². The van der Waals surface area contributed by atoms with Crippen LogP contribution < -0.4 is 10.2 Å². The molecule has 1 heterocycles. The number of nitrogens with one attached hydrogen (secondary N) is 1. The molecule has 22 heavy (non-hydrogen) atoms. The van der Waals surface area contributed by atoms with E-state index in [0.717, 1.165) is 13.1 Å². The van der Waals surface area contributed by atoms with Gasteiger partial charge in [-0.1, -0.05) is 12.1 Å². The summed E-state index contributed by atoms with van der Waals surface area (Å²) in [6.07, 6.45) is -0.427. The molecule has 0 bridgehead atoms. The highest BCUT2D eigenvalue weighted by atomic mass is 16.6. The van der Waals surface area contributed by atoms with Gasteiger partial charge in [0, 0.05) is 38.9 Å². The molecule has 1 aromatic carbocycles. The highest BCUT2D eigenvalue weighted by molar-refractivity contribution is 5.79. The first-order chi connectivity index (χ1) is 10.5. The number of benzene rings is 1. The molecule has 0 aromatic heterocycles. The van der Waals surface area contributed by atoms with Crippen molar-refractivity contribution in [2.45, 2.75) is 13.8 Å². The first kappa shape index (κ1) is 16.1. The van der Waals surface area contributed by atoms with Crippen molar-refractivity contribution in [2.24, 2.45) is 0 Å². The van der Waals surface area contributed by atoms with Crippen LogP contribution in [-0.4, -0.2) is 56.7 Å². The van der Waals surface area contributed by atoms with Crippen molar-refractivity contribution in [3.63, 3.8) is 0 Å². The topological polar surface area (TPSA) is 61.9 Å². The van der Waals surface area contributed by atoms with E-state index in [4.69, 9.17) is 4.74 Å². The van der Waals surface area contributed by atoms with Gasteiger partial charge in [-0.15, -0.1) is 0 Å². The first-order valence-corrected chi connectivity index (χ1v) is 7.46. The molecule has 2 rings (SSSR count). The number of amides is 2. The van der Waals surface area contributed by atoms with Crippen molar-refractivity contribution < 1.29 is 14.3 Å². The summed E-state index contributed by atoms with van der Waals surface area (Å²) < 4.78 is 4.97. The first-order valence-electron chi connectivity index (χ1n) is 7.46. The lowest BCUT2D eigenvalue weighted by Crippen LogP contribution is -2.49. The maximum absolute atomic E-state index is 11.9. The number of hydrogen-bond acceptors (Lipinski definition) is 4. The number of nitrogens with zero attached hydrogens (tertiary/aromatic N) is 2. The second-order valence-electron chi connectivity index (χ2n) is 5.42. The molecule has 1 saturated heterocycles. The fourth-order valence-electron chi connectivity index (χ4n) is 2.50. The molecule has 0 radical (unpaired) electrons. The average molecular weight is 305 g/mol. The summed E-state index contributed by atoms with van der Waals surface area (Å²) in [5.41, 5.74) is 3.77. The second kappa shape index (κ2) is 7.15. The van der Waals surface area contributed by atoms with Crippen LogP contribution in [-0.2, 0) is 9.53 Å². The summed E-state index contributed by atoms with van der Waals surface area (Å²) in [6, 6.07) is 6.27. The summed E-state index contributed by atoms with van der Waals surface area (Å²) in [4.78, 5) is 26.9. The number of hydrogen-bond donors (Lipinski definition) is 1. The molecule has 1 fully saturated rings. The minimum Gasteiger partial charge on any atom is -0.439 e. The number of anilines is 1. The molecule has 0 unspecified atom stereocenters. The minimum absolute atomic E-state index is 0.230. The standard InChI is InChI=1S/C16H23N3O3/c1-12-5-4-6-14(13(12)2)18-7-9-19(10-8-18)16(21)22-11-15(20)17-3/h4-6H,7-11H2,1-3H3,(H,17,20). The van der Waals surface area contributed by atoms with E-state index in [-0.39, 0.29) is 12.5 Å². The number of rotatable bonds is 3. The number of aryl methyl sites for hydroxylation is 1. The van der Waals surface area contributed by atoms with Gasteiger partial charge in [-0.05, 0) is 31.0 Å². The van der Waals surface area contributed by atoms with Crippen molar-refractivity contribution in [2.75, 3.05) is 44.7 Å². The summed E-state index contributed by atoms with van der Waals surface area (Å²) in [5, 5.41) is 2.42. The van der Waals surface area contributed by atoms with Crippen molar-refractivity contribution in [3.05, 3.63) is 29.3 Å². The van der Waals surface area contributed by atoms with E-state index >= 15 is 0 Å². The Bertz CT molecular complexity index is 552. The molecule has 120 valence electrons. The third kappa shape index (κ3) is 3.69. The summed E-state index contributed by atoms with van der Waals surface area (Å²) in [7, 11) is 1.51. The van der Waals surface area contributed by atoms with E-state index in [1.807, 2.05) is 0 Å². The molecule has 0 saturated carbocycles. The van der Waals surface area contributed by atoms with Crippen LogP contribution in [0.25, 0.3) is 0 Å². The Hall–Kier alpha value is -2.24. The lowest BCUT2D eigenvalue weighted by molar-refractivity contribution is -0.123. The minimum atomic E-state index is -0.427. The van der Waals surface area contributed by atoms with E-state index < -0.39 is 6.09 Å². The van der Waals surface area contributed by atoms with Gasteiger partial charge in [0.15, 0.2) is 6.61 Å². The van der Waals surface area contributed by atoms with Crippen LogP contribution in [0.3, 0.4) is 0 Å². The second-order valence-corrected chi connectivity index (χ2v) is 5.42. The Morgan fingerprint density at radius 1 is 1.18 bits per heavy atom. The largest absolute Gasteiger partial charge is 0.439 e. The van der Waals surface area contributed by atoms with Gasteiger partial charge in [0.05, 0.1) is 0 Å². The third-order valence-corrected chi connectivity index (χ3v) is 4.06. The number of carbonyl (C=O) groups excluding carboxylic acids is 2. The van der Waals surface area contributed by atoms with Gasteiger partial charge in [0.25, 0.3) is 5.91 Å². The molecule has 1 aliphatic rings. The van der Waals surface area contributed by atoms with E-state index in [2.05, 4.69) is 42.3 Å². The average Bonchev–Trinajstić information content (AvgIpc) is 2.55. The third-order valence-electron chi connectivity index (χ3n) is 4.06. The maximum Gasteiger partial charge on any atom is 0.410 e. The van der Waals surface area contributed by atoms with Crippen molar-refractivity contribution in [3.8, 4) is 0 Å². The smallest absolute Gasteiger partial charge is 0.410 e. The lowest BCUT2D eigenvalue weighted by atomic mass is 10.1. The van der Waals surface area contributed by atoms with Crippen LogP contribution in [0.1, 0.15) is 11.1 Å². The van der Waals surface area contributed by atoms with Crippen molar-refractivity contribution in [1.82, 2.24) is 10.2 Å². The van der Waals surface area contributed by atoms with Gasteiger partial charge in [0.1, 0.15) is 0 Å². The number of piperazine rings is 1. The zero-order valence-corrected chi connectivity index (χ0v) is 13.4. The number of carbonyl (C=O) groups is 2. The molecular weight excluding hydrogens is 282 g/mol. The molecule has 1 aliphatic heterocycles. The van der Waals surface area contributed by atoms with E-state index in [0.29, 0.717) is 13.1 Å². The van der Waals surface area contributed by atoms with E-state index in [9.17, 15) is 9.59 Å². The van der Waals surface area contributed by atoms with Gasteiger partial charge in [-0.2, -0.15) is 0 Å². The lowest BCUT2D eigenvalue weighted by Gasteiger charge is -2.36. The van der Waals surface area contributed by atoms with Crippen LogP contribution in [0.15, 0.2) is 18.2 Å². The highest BCUT2D eigenvalue weighted by Gasteiger charge is 2.23. The predicted octanol–water partition coefficient (Wildman–Crippen LogP) is 1.31. The molecule has 0 atom stereocenters. The van der Waals surface area contributed by atoms with Crippen molar-refractivity contribution >= 4 is 17.7 Å². The van der Waals surface area contributed by atoms with Gasteiger partial charge in [-0.25, -0.2) is 4.79 Å².